The van der Waals surface area contributed by atoms with Crippen LogP contribution in [0.2, 0.25) is 10.0 Å². The van der Waals surface area contributed by atoms with E-state index >= 15 is 0 Å². The number of carbonyl (C=O) groups is 1. The standard InChI is InChI=1S/C12H14Cl2N2O/c1-15-4-6-16(7-5-15)12(17)9-2-3-10(13)11(14)8-9/h2-3,8H,4-7H2,1H3. The highest BCUT2D eigenvalue weighted by Crippen LogP contribution is 2.23. The summed E-state index contributed by atoms with van der Waals surface area (Å²) in [6.07, 6.45) is 0. The Labute approximate surface area is 111 Å². The molecule has 1 aliphatic rings. The summed E-state index contributed by atoms with van der Waals surface area (Å²) < 4.78 is 0. The van der Waals surface area contributed by atoms with Crippen LogP contribution in [0.15, 0.2) is 18.2 Å². The van der Waals surface area contributed by atoms with Crippen LogP contribution in [0, 0.1) is 0 Å². The first-order chi connectivity index (χ1) is 8.08. The van der Waals surface area contributed by atoms with Crippen molar-refractivity contribution < 1.29 is 4.79 Å². The van der Waals surface area contributed by atoms with Crippen molar-refractivity contribution in [2.24, 2.45) is 0 Å². The summed E-state index contributed by atoms with van der Waals surface area (Å²) in [5, 5.41) is 0.897. The molecule has 1 aromatic carbocycles. The van der Waals surface area contributed by atoms with Crippen molar-refractivity contribution in [2.45, 2.75) is 0 Å². The van der Waals surface area contributed by atoms with Gasteiger partial charge in [-0.3, -0.25) is 4.79 Å². The molecule has 1 heterocycles. The number of hydrogen-bond acceptors (Lipinski definition) is 2. The van der Waals surface area contributed by atoms with Gasteiger partial charge in [0.05, 0.1) is 10.0 Å². The fraction of sp³-hybridized carbons (Fsp3) is 0.417. The van der Waals surface area contributed by atoms with E-state index in [9.17, 15) is 4.79 Å². The summed E-state index contributed by atoms with van der Waals surface area (Å²) >= 11 is 11.7. The zero-order chi connectivity index (χ0) is 12.4. The van der Waals surface area contributed by atoms with Crippen molar-refractivity contribution in [3.63, 3.8) is 0 Å². The molecule has 0 bridgehead atoms. The van der Waals surface area contributed by atoms with E-state index in [-0.39, 0.29) is 5.91 Å². The lowest BCUT2D eigenvalue weighted by atomic mass is 10.2. The molecular formula is C12H14Cl2N2O. The second kappa shape index (κ2) is 5.25. The maximum Gasteiger partial charge on any atom is 0.253 e. The maximum absolute atomic E-state index is 12.2. The van der Waals surface area contributed by atoms with Crippen molar-refractivity contribution >= 4 is 29.1 Å². The van der Waals surface area contributed by atoms with Crippen LogP contribution >= 0.6 is 23.2 Å². The predicted octanol–water partition coefficient (Wildman–Crippen LogP) is 2.38. The Kier molecular flexibility index (Phi) is 3.92. The molecule has 3 nitrogen and oxygen atoms in total. The Bertz CT molecular complexity index is 429. The number of halogens is 2. The van der Waals surface area contributed by atoms with Gasteiger partial charge >= 0.3 is 0 Å². The van der Waals surface area contributed by atoms with E-state index in [0.29, 0.717) is 15.6 Å². The van der Waals surface area contributed by atoms with E-state index in [0.717, 1.165) is 26.2 Å². The fourth-order valence-electron chi connectivity index (χ4n) is 1.82. The Morgan fingerprint density at radius 1 is 1.12 bits per heavy atom. The number of carbonyl (C=O) groups excluding carboxylic acids is 1. The molecule has 92 valence electrons. The largest absolute Gasteiger partial charge is 0.336 e. The summed E-state index contributed by atoms with van der Waals surface area (Å²) in [6, 6.07) is 5.01. The van der Waals surface area contributed by atoms with Gasteiger partial charge in [-0.2, -0.15) is 0 Å². The quantitative estimate of drug-likeness (QED) is 0.784. The Balaban J connectivity index is 2.11. The molecule has 0 unspecified atom stereocenters. The highest BCUT2D eigenvalue weighted by Gasteiger charge is 2.20. The number of amides is 1. The van der Waals surface area contributed by atoms with E-state index in [1.807, 2.05) is 4.90 Å². The van der Waals surface area contributed by atoms with Gasteiger partial charge in [-0.15, -0.1) is 0 Å². The Morgan fingerprint density at radius 3 is 2.35 bits per heavy atom. The summed E-state index contributed by atoms with van der Waals surface area (Å²) in [7, 11) is 2.06. The Morgan fingerprint density at radius 2 is 1.76 bits per heavy atom. The number of benzene rings is 1. The number of nitrogens with zero attached hydrogens (tertiary/aromatic N) is 2. The highest BCUT2D eigenvalue weighted by molar-refractivity contribution is 6.42. The summed E-state index contributed by atoms with van der Waals surface area (Å²) in [5.74, 6) is 0.0247. The van der Waals surface area contributed by atoms with Crippen molar-refractivity contribution in [3.05, 3.63) is 33.8 Å². The van der Waals surface area contributed by atoms with E-state index in [4.69, 9.17) is 23.2 Å². The molecule has 0 spiro atoms. The first-order valence-electron chi connectivity index (χ1n) is 5.51. The van der Waals surface area contributed by atoms with E-state index in [2.05, 4.69) is 11.9 Å². The molecule has 17 heavy (non-hydrogen) atoms. The number of hydrogen-bond donors (Lipinski definition) is 0. The molecule has 0 N–H and O–H groups in total. The molecule has 0 aliphatic carbocycles. The molecule has 1 aliphatic heterocycles. The SMILES string of the molecule is CN1CCN(C(=O)c2ccc(Cl)c(Cl)c2)CC1. The van der Waals surface area contributed by atoms with Crippen LogP contribution in [-0.2, 0) is 0 Å². The van der Waals surface area contributed by atoms with Gasteiger partial charge in [0.15, 0.2) is 0 Å². The van der Waals surface area contributed by atoms with E-state index in [1.165, 1.54) is 0 Å². The minimum Gasteiger partial charge on any atom is -0.336 e. The van der Waals surface area contributed by atoms with Crippen LogP contribution in [0.3, 0.4) is 0 Å². The third-order valence-electron chi connectivity index (χ3n) is 2.96. The minimum atomic E-state index is 0.0247. The van der Waals surface area contributed by atoms with Gasteiger partial charge in [0, 0.05) is 31.7 Å². The molecule has 1 saturated heterocycles. The monoisotopic (exact) mass is 272 g/mol. The molecule has 0 aromatic heterocycles. The molecule has 1 amide bonds. The fourth-order valence-corrected chi connectivity index (χ4v) is 2.12. The van der Waals surface area contributed by atoms with Crippen molar-refractivity contribution in [3.8, 4) is 0 Å². The number of piperazine rings is 1. The van der Waals surface area contributed by atoms with Crippen LogP contribution in [0.25, 0.3) is 0 Å². The molecule has 0 atom stereocenters. The maximum atomic E-state index is 12.2. The lowest BCUT2D eigenvalue weighted by molar-refractivity contribution is 0.0664. The second-order valence-electron chi connectivity index (χ2n) is 4.22. The molecule has 1 fully saturated rings. The number of likely N-dealkylation sites (N-methyl/N-ethyl adjacent to an activating group) is 1. The lowest BCUT2D eigenvalue weighted by Gasteiger charge is -2.32. The van der Waals surface area contributed by atoms with Crippen LogP contribution < -0.4 is 0 Å². The van der Waals surface area contributed by atoms with E-state index < -0.39 is 0 Å². The van der Waals surface area contributed by atoms with Gasteiger partial charge in [0.1, 0.15) is 0 Å². The lowest BCUT2D eigenvalue weighted by Crippen LogP contribution is -2.47. The average Bonchev–Trinajstić information content (AvgIpc) is 2.33. The van der Waals surface area contributed by atoms with Crippen molar-refractivity contribution in [1.82, 2.24) is 9.80 Å². The Hall–Kier alpha value is -0.770. The predicted molar refractivity (Wildman–Crippen MR) is 69.9 cm³/mol. The van der Waals surface area contributed by atoms with Gasteiger partial charge in [0.2, 0.25) is 0 Å². The molecule has 2 rings (SSSR count). The molecular weight excluding hydrogens is 259 g/mol. The van der Waals surface area contributed by atoms with Gasteiger partial charge in [0.25, 0.3) is 5.91 Å². The normalized spacial score (nSPS) is 17.2. The smallest absolute Gasteiger partial charge is 0.253 e. The van der Waals surface area contributed by atoms with Crippen LogP contribution in [-0.4, -0.2) is 48.9 Å². The van der Waals surface area contributed by atoms with Crippen LogP contribution in [0.4, 0.5) is 0 Å². The molecule has 1 aromatic rings. The summed E-state index contributed by atoms with van der Waals surface area (Å²) in [6.45, 7) is 3.34. The second-order valence-corrected chi connectivity index (χ2v) is 5.04. The third-order valence-corrected chi connectivity index (χ3v) is 3.70. The zero-order valence-corrected chi connectivity index (χ0v) is 11.1. The topological polar surface area (TPSA) is 23.6 Å². The van der Waals surface area contributed by atoms with Gasteiger partial charge < -0.3 is 9.80 Å². The average molecular weight is 273 g/mol. The summed E-state index contributed by atoms with van der Waals surface area (Å²) in [5.41, 5.74) is 0.601. The van der Waals surface area contributed by atoms with Crippen LogP contribution in [0.5, 0.6) is 0 Å². The minimum absolute atomic E-state index is 0.0247. The van der Waals surface area contributed by atoms with Crippen LogP contribution in [0.1, 0.15) is 10.4 Å². The van der Waals surface area contributed by atoms with Crippen molar-refractivity contribution in [2.75, 3.05) is 33.2 Å². The van der Waals surface area contributed by atoms with Crippen molar-refractivity contribution in [1.29, 1.82) is 0 Å². The molecule has 5 heteroatoms. The first-order valence-corrected chi connectivity index (χ1v) is 6.26. The molecule has 0 saturated carbocycles. The summed E-state index contributed by atoms with van der Waals surface area (Å²) in [4.78, 5) is 16.2. The van der Waals surface area contributed by atoms with E-state index in [1.54, 1.807) is 18.2 Å². The third kappa shape index (κ3) is 2.92. The van der Waals surface area contributed by atoms with Gasteiger partial charge in [-0.05, 0) is 25.2 Å². The highest BCUT2D eigenvalue weighted by atomic mass is 35.5. The first kappa shape index (κ1) is 12.7. The number of rotatable bonds is 1. The van der Waals surface area contributed by atoms with Gasteiger partial charge in [-0.25, -0.2) is 0 Å². The molecule has 0 radical (unpaired) electrons. The zero-order valence-electron chi connectivity index (χ0n) is 9.62. The van der Waals surface area contributed by atoms with Gasteiger partial charge in [-0.1, -0.05) is 23.2 Å².